The van der Waals surface area contributed by atoms with E-state index >= 15 is 0 Å². The molecule has 5 nitrogen and oxygen atoms in total. The molecule has 0 unspecified atom stereocenters. The van der Waals surface area contributed by atoms with Crippen molar-refractivity contribution in [1.82, 2.24) is 4.98 Å². The number of nitrogens with zero attached hydrogens (tertiary/aromatic N) is 1. The molecule has 0 atom stereocenters. The van der Waals surface area contributed by atoms with Gasteiger partial charge >= 0.3 is 5.97 Å². The lowest BCUT2D eigenvalue weighted by molar-refractivity contribution is 0.0594. The maximum Gasteiger partial charge on any atom is 0.341 e. The first kappa shape index (κ1) is 18.4. The number of aryl methyl sites for hydroxylation is 1. The molecule has 1 heterocycles. The van der Waals surface area contributed by atoms with Crippen LogP contribution in [0.25, 0.3) is 10.6 Å². The standard InChI is InChI=1S/C17H20FNO4S/c1-4-5-22-6-7-23-12-8-13(16-19-10-11(2)24-16)15(18)14(9-12)17(20)21-3/h8-10H,4-7H2,1-3H3. The van der Waals surface area contributed by atoms with Crippen LogP contribution in [0, 0.1) is 12.7 Å². The van der Waals surface area contributed by atoms with Crippen molar-refractivity contribution in [2.45, 2.75) is 20.3 Å². The summed E-state index contributed by atoms with van der Waals surface area (Å²) >= 11 is 1.34. The van der Waals surface area contributed by atoms with Gasteiger partial charge in [0.25, 0.3) is 0 Å². The third-order valence-electron chi connectivity index (χ3n) is 3.15. The number of aromatic nitrogens is 1. The number of esters is 1. The van der Waals surface area contributed by atoms with Gasteiger partial charge < -0.3 is 14.2 Å². The van der Waals surface area contributed by atoms with Crippen LogP contribution in [0.1, 0.15) is 28.6 Å². The first-order valence-corrected chi connectivity index (χ1v) is 8.43. The van der Waals surface area contributed by atoms with E-state index in [4.69, 9.17) is 9.47 Å². The second kappa shape index (κ2) is 8.75. The van der Waals surface area contributed by atoms with Crippen LogP contribution in [0.5, 0.6) is 5.75 Å². The molecule has 0 spiro atoms. The largest absolute Gasteiger partial charge is 0.491 e. The van der Waals surface area contributed by atoms with Gasteiger partial charge in [-0.3, -0.25) is 0 Å². The molecular weight excluding hydrogens is 333 g/mol. The average molecular weight is 353 g/mol. The summed E-state index contributed by atoms with van der Waals surface area (Å²) in [6.45, 7) is 5.29. The van der Waals surface area contributed by atoms with Gasteiger partial charge in [0.05, 0.1) is 24.8 Å². The van der Waals surface area contributed by atoms with Gasteiger partial charge in [-0.2, -0.15) is 0 Å². The molecule has 2 aromatic rings. The Morgan fingerprint density at radius 2 is 2.08 bits per heavy atom. The average Bonchev–Trinajstić information content (AvgIpc) is 3.01. The van der Waals surface area contributed by atoms with E-state index in [1.807, 2.05) is 13.8 Å². The van der Waals surface area contributed by atoms with Gasteiger partial charge in [0.1, 0.15) is 23.2 Å². The number of ether oxygens (including phenoxy) is 3. The van der Waals surface area contributed by atoms with E-state index in [9.17, 15) is 9.18 Å². The molecule has 1 aromatic heterocycles. The Kier molecular flexibility index (Phi) is 6.69. The minimum atomic E-state index is -0.755. The molecule has 1 aromatic carbocycles. The summed E-state index contributed by atoms with van der Waals surface area (Å²) < 4.78 is 30.2. The molecule has 0 radical (unpaired) electrons. The van der Waals surface area contributed by atoms with Crippen molar-refractivity contribution >= 4 is 17.3 Å². The Hall–Kier alpha value is -1.99. The number of rotatable bonds is 8. The summed E-state index contributed by atoms with van der Waals surface area (Å²) in [5, 5.41) is 0.489. The monoisotopic (exact) mass is 353 g/mol. The molecule has 0 saturated carbocycles. The van der Waals surface area contributed by atoms with Gasteiger partial charge in [-0.05, 0) is 25.5 Å². The summed E-state index contributed by atoms with van der Waals surface area (Å²) in [5.74, 6) is -1.04. The van der Waals surface area contributed by atoms with E-state index in [1.54, 1.807) is 12.3 Å². The van der Waals surface area contributed by atoms with Crippen molar-refractivity contribution in [1.29, 1.82) is 0 Å². The zero-order valence-corrected chi connectivity index (χ0v) is 14.7. The second-order valence-electron chi connectivity index (χ2n) is 5.06. The number of halogens is 1. The van der Waals surface area contributed by atoms with Crippen LogP contribution in [0.3, 0.4) is 0 Å². The Morgan fingerprint density at radius 1 is 1.29 bits per heavy atom. The van der Waals surface area contributed by atoms with Crippen LogP contribution in [-0.4, -0.2) is 37.9 Å². The van der Waals surface area contributed by atoms with Gasteiger partial charge in [0, 0.05) is 17.7 Å². The quantitative estimate of drug-likeness (QED) is 0.533. The van der Waals surface area contributed by atoms with Crippen molar-refractivity contribution in [3.63, 3.8) is 0 Å². The summed E-state index contributed by atoms with van der Waals surface area (Å²) in [6.07, 6.45) is 2.58. The lowest BCUT2D eigenvalue weighted by Crippen LogP contribution is -2.10. The molecule has 0 N–H and O–H groups in total. The smallest absolute Gasteiger partial charge is 0.341 e. The van der Waals surface area contributed by atoms with Gasteiger partial charge in [0.15, 0.2) is 0 Å². The molecule has 0 bridgehead atoms. The number of hydrogen-bond donors (Lipinski definition) is 0. The first-order valence-electron chi connectivity index (χ1n) is 7.62. The Balaban J connectivity index is 2.28. The van der Waals surface area contributed by atoms with Crippen molar-refractivity contribution in [2.24, 2.45) is 0 Å². The highest BCUT2D eigenvalue weighted by Gasteiger charge is 2.21. The van der Waals surface area contributed by atoms with Crippen molar-refractivity contribution in [3.05, 3.63) is 34.6 Å². The number of carbonyl (C=O) groups is 1. The van der Waals surface area contributed by atoms with E-state index in [2.05, 4.69) is 9.72 Å². The highest BCUT2D eigenvalue weighted by molar-refractivity contribution is 7.14. The van der Waals surface area contributed by atoms with Crippen molar-refractivity contribution in [2.75, 3.05) is 26.9 Å². The molecule has 130 valence electrons. The fraction of sp³-hybridized carbons (Fsp3) is 0.412. The molecule has 7 heteroatoms. The zero-order valence-electron chi connectivity index (χ0n) is 13.9. The Labute approximate surface area is 144 Å². The van der Waals surface area contributed by atoms with E-state index in [1.165, 1.54) is 24.5 Å². The van der Waals surface area contributed by atoms with Crippen LogP contribution in [0.15, 0.2) is 18.3 Å². The summed E-state index contributed by atoms with van der Waals surface area (Å²) in [7, 11) is 1.21. The number of benzene rings is 1. The summed E-state index contributed by atoms with van der Waals surface area (Å²) in [6, 6.07) is 2.88. The van der Waals surface area contributed by atoms with Gasteiger partial charge in [-0.1, -0.05) is 6.92 Å². The molecular formula is C17H20FNO4S. The predicted molar refractivity (Wildman–Crippen MR) is 90.2 cm³/mol. The van der Waals surface area contributed by atoms with Gasteiger partial charge in [0.2, 0.25) is 0 Å². The number of methoxy groups -OCH3 is 1. The lowest BCUT2D eigenvalue weighted by atomic mass is 10.1. The van der Waals surface area contributed by atoms with E-state index < -0.39 is 11.8 Å². The highest BCUT2D eigenvalue weighted by atomic mass is 32.1. The minimum Gasteiger partial charge on any atom is -0.491 e. The van der Waals surface area contributed by atoms with Crippen molar-refractivity contribution < 1.29 is 23.4 Å². The second-order valence-corrected chi connectivity index (χ2v) is 6.30. The van der Waals surface area contributed by atoms with Crippen molar-refractivity contribution in [3.8, 4) is 16.3 Å². The predicted octanol–water partition coefficient (Wildman–Crippen LogP) is 3.85. The fourth-order valence-corrected chi connectivity index (χ4v) is 2.81. The Bertz CT molecular complexity index is 702. The summed E-state index contributed by atoms with van der Waals surface area (Å²) in [4.78, 5) is 17.0. The molecule has 2 rings (SSSR count). The normalized spacial score (nSPS) is 10.7. The third kappa shape index (κ3) is 4.52. The molecule has 0 aliphatic rings. The molecule has 0 amide bonds. The van der Waals surface area contributed by atoms with E-state index in [0.29, 0.717) is 30.6 Å². The maximum atomic E-state index is 14.7. The molecule has 0 aliphatic heterocycles. The number of hydrogen-bond acceptors (Lipinski definition) is 6. The first-order chi connectivity index (χ1) is 11.6. The van der Waals surface area contributed by atoms with Crippen LogP contribution in [0.2, 0.25) is 0 Å². The van der Waals surface area contributed by atoms with E-state index in [-0.39, 0.29) is 11.1 Å². The number of carbonyl (C=O) groups excluding carboxylic acids is 1. The lowest BCUT2D eigenvalue weighted by Gasteiger charge is -2.11. The topological polar surface area (TPSA) is 57.7 Å². The van der Waals surface area contributed by atoms with E-state index in [0.717, 1.165) is 11.3 Å². The van der Waals surface area contributed by atoms with Gasteiger partial charge in [-0.25, -0.2) is 14.2 Å². The highest BCUT2D eigenvalue weighted by Crippen LogP contribution is 2.32. The maximum absolute atomic E-state index is 14.7. The van der Waals surface area contributed by atoms with Crippen LogP contribution in [-0.2, 0) is 9.47 Å². The fourth-order valence-electron chi connectivity index (χ4n) is 2.04. The number of thiazole rings is 1. The van der Waals surface area contributed by atoms with Crippen LogP contribution < -0.4 is 4.74 Å². The Morgan fingerprint density at radius 3 is 2.71 bits per heavy atom. The molecule has 0 fully saturated rings. The van der Waals surface area contributed by atoms with Crippen LogP contribution >= 0.6 is 11.3 Å². The zero-order chi connectivity index (χ0) is 17.5. The third-order valence-corrected chi connectivity index (χ3v) is 4.09. The molecule has 0 saturated heterocycles. The SMILES string of the molecule is CCCOCCOc1cc(C(=O)OC)c(F)c(-c2ncc(C)s2)c1. The van der Waals surface area contributed by atoms with Gasteiger partial charge in [-0.15, -0.1) is 11.3 Å². The summed E-state index contributed by atoms with van der Waals surface area (Å²) in [5.41, 5.74) is 0.0489. The van der Waals surface area contributed by atoms with Crippen LogP contribution in [0.4, 0.5) is 4.39 Å². The molecule has 24 heavy (non-hydrogen) atoms. The molecule has 0 aliphatic carbocycles. The minimum absolute atomic E-state index is 0.174.